The molecule has 0 N–H and O–H groups in total. The number of hydrogen-bond donors (Lipinski definition) is 0. The number of rotatable bonds is 10. The maximum Gasteiger partial charge on any atom is 0.0554 e. The second-order valence-corrected chi connectivity index (χ2v) is 12.4. The Bertz CT molecular complexity index is 249. The quantitative estimate of drug-likeness (QED) is 0.231. The van der Waals surface area contributed by atoms with E-state index in [1.165, 1.54) is 76.3 Å². The van der Waals surface area contributed by atoms with Crippen LogP contribution >= 0.6 is 0 Å². The minimum atomic E-state index is -0.877. The molecule has 0 aromatic heterocycles. The van der Waals surface area contributed by atoms with Gasteiger partial charge >= 0.3 is 0 Å². The first-order valence-corrected chi connectivity index (χ1v) is 12.2. The van der Waals surface area contributed by atoms with Gasteiger partial charge in [-0.1, -0.05) is 76.6 Å². The van der Waals surface area contributed by atoms with Gasteiger partial charge in [-0.05, 0) is 37.8 Å². The normalized spacial score (nSPS) is 18.3. The summed E-state index contributed by atoms with van der Waals surface area (Å²) in [5.74, 6) is 0. The summed E-state index contributed by atoms with van der Waals surface area (Å²) in [6, 6.07) is 3.03. The highest BCUT2D eigenvalue weighted by molar-refractivity contribution is 6.79. The Balaban J connectivity index is 2.39. The molecule has 112 valence electrons. The molecule has 1 rings (SSSR count). The van der Waals surface area contributed by atoms with Crippen LogP contribution in [0.25, 0.3) is 0 Å². The molecule has 0 bridgehead atoms. The third kappa shape index (κ3) is 6.79. The van der Waals surface area contributed by atoms with Crippen molar-refractivity contribution in [3.63, 3.8) is 0 Å². The fraction of sp³-hybridized carbons (Fsp3) is 0.889. The number of hydrogen-bond acceptors (Lipinski definition) is 0. The minimum absolute atomic E-state index is 0.877. The van der Waals surface area contributed by atoms with Crippen LogP contribution in [0.2, 0.25) is 25.2 Å². The molecular weight excluding hydrogens is 244 g/mol. The summed E-state index contributed by atoms with van der Waals surface area (Å²) in [6.07, 6.45) is 14.2. The standard InChI is InChI=1S/C18H36Si/c1-5-7-9-11-13-17-15-19(3,4)16-18(17)14-12-10-8-6-2/h5-16H2,1-4H3. The molecule has 1 heteroatoms. The van der Waals surface area contributed by atoms with Crippen LogP contribution < -0.4 is 0 Å². The molecule has 0 fully saturated rings. The molecule has 0 spiro atoms. The third-order valence-electron chi connectivity index (χ3n) is 4.55. The van der Waals surface area contributed by atoms with Crippen molar-refractivity contribution in [3.05, 3.63) is 11.1 Å². The van der Waals surface area contributed by atoms with Crippen LogP contribution in [0.1, 0.15) is 78.1 Å². The lowest BCUT2D eigenvalue weighted by molar-refractivity contribution is 0.648. The van der Waals surface area contributed by atoms with Crippen molar-refractivity contribution in [1.82, 2.24) is 0 Å². The average molecular weight is 281 g/mol. The Morgan fingerprint density at radius 2 is 1.11 bits per heavy atom. The van der Waals surface area contributed by atoms with E-state index in [0.29, 0.717) is 0 Å². The van der Waals surface area contributed by atoms with E-state index in [1.807, 2.05) is 11.1 Å². The molecule has 0 saturated heterocycles. The van der Waals surface area contributed by atoms with Crippen LogP contribution in [0.5, 0.6) is 0 Å². The molecule has 0 amide bonds. The third-order valence-corrected chi connectivity index (χ3v) is 7.32. The van der Waals surface area contributed by atoms with Crippen LogP contribution in [0.3, 0.4) is 0 Å². The Labute approximate surface area is 123 Å². The molecule has 19 heavy (non-hydrogen) atoms. The predicted molar refractivity (Wildman–Crippen MR) is 91.6 cm³/mol. The van der Waals surface area contributed by atoms with Gasteiger partial charge in [0.05, 0.1) is 8.07 Å². The molecule has 1 aliphatic rings. The Kier molecular flexibility index (Phi) is 8.05. The summed E-state index contributed by atoms with van der Waals surface area (Å²) in [5, 5.41) is 0. The van der Waals surface area contributed by atoms with Gasteiger partial charge in [0.15, 0.2) is 0 Å². The SMILES string of the molecule is CCCCCCC1=C(CCCCCC)C[Si](C)(C)C1. The molecule has 0 aromatic carbocycles. The van der Waals surface area contributed by atoms with Crippen molar-refractivity contribution in [2.24, 2.45) is 0 Å². The molecule has 1 aliphatic heterocycles. The molecule has 1 heterocycles. The fourth-order valence-corrected chi connectivity index (χ4v) is 6.82. The molecule has 0 unspecified atom stereocenters. The molecular formula is C18H36Si. The van der Waals surface area contributed by atoms with Crippen molar-refractivity contribution < 1.29 is 0 Å². The fourth-order valence-electron chi connectivity index (χ4n) is 3.53. The highest BCUT2D eigenvalue weighted by Crippen LogP contribution is 2.40. The average Bonchev–Trinajstić information content (AvgIpc) is 2.65. The van der Waals surface area contributed by atoms with Crippen molar-refractivity contribution in [2.75, 3.05) is 0 Å². The smallest absolute Gasteiger partial charge is 0.0554 e. The van der Waals surface area contributed by atoms with Gasteiger partial charge in [-0.3, -0.25) is 0 Å². The Morgan fingerprint density at radius 3 is 1.47 bits per heavy atom. The maximum atomic E-state index is 2.60. The summed E-state index contributed by atoms with van der Waals surface area (Å²) in [7, 11) is -0.877. The van der Waals surface area contributed by atoms with E-state index >= 15 is 0 Å². The van der Waals surface area contributed by atoms with Gasteiger partial charge in [0.25, 0.3) is 0 Å². The van der Waals surface area contributed by atoms with Crippen molar-refractivity contribution in [2.45, 2.75) is 103 Å². The summed E-state index contributed by atoms with van der Waals surface area (Å²) in [5.41, 5.74) is 3.81. The summed E-state index contributed by atoms with van der Waals surface area (Å²) in [4.78, 5) is 0. The van der Waals surface area contributed by atoms with Crippen LogP contribution in [0, 0.1) is 0 Å². The molecule has 0 radical (unpaired) electrons. The maximum absolute atomic E-state index is 2.60. The largest absolute Gasteiger partial charge is 0.0739 e. The van der Waals surface area contributed by atoms with Gasteiger partial charge in [-0.15, -0.1) is 0 Å². The highest BCUT2D eigenvalue weighted by Gasteiger charge is 2.31. The van der Waals surface area contributed by atoms with E-state index in [2.05, 4.69) is 26.9 Å². The van der Waals surface area contributed by atoms with Crippen molar-refractivity contribution in [1.29, 1.82) is 0 Å². The molecule has 0 aromatic rings. The van der Waals surface area contributed by atoms with Crippen LogP contribution in [-0.4, -0.2) is 8.07 Å². The predicted octanol–water partition coefficient (Wildman–Crippen LogP) is 6.95. The second-order valence-electron chi connectivity index (χ2n) is 7.35. The lowest BCUT2D eigenvalue weighted by Crippen LogP contribution is -2.20. The monoisotopic (exact) mass is 280 g/mol. The summed E-state index contributed by atoms with van der Waals surface area (Å²) in [6.45, 7) is 9.81. The second kappa shape index (κ2) is 9.00. The Morgan fingerprint density at radius 1 is 0.684 bits per heavy atom. The summed E-state index contributed by atoms with van der Waals surface area (Å²) >= 11 is 0. The van der Waals surface area contributed by atoms with Crippen LogP contribution in [0.15, 0.2) is 11.1 Å². The lowest BCUT2D eigenvalue weighted by atomic mass is 9.99. The number of unbranched alkanes of at least 4 members (excludes halogenated alkanes) is 6. The van der Waals surface area contributed by atoms with Crippen LogP contribution in [-0.2, 0) is 0 Å². The Hall–Kier alpha value is -0.0431. The zero-order valence-electron chi connectivity index (χ0n) is 14.0. The molecule has 0 saturated carbocycles. The first kappa shape index (κ1) is 17.0. The molecule has 0 aliphatic carbocycles. The molecule has 0 nitrogen and oxygen atoms in total. The van der Waals surface area contributed by atoms with E-state index in [4.69, 9.17) is 0 Å². The molecule has 0 atom stereocenters. The lowest BCUT2D eigenvalue weighted by Gasteiger charge is -2.14. The van der Waals surface area contributed by atoms with Gasteiger partial charge in [0, 0.05) is 0 Å². The first-order valence-electron chi connectivity index (χ1n) is 8.79. The number of allylic oxidation sites excluding steroid dienone is 2. The van der Waals surface area contributed by atoms with E-state index in [1.54, 1.807) is 0 Å². The highest BCUT2D eigenvalue weighted by atomic mass is 28.3. The zero-order valence-corrected chi connectivity index (χ0v) is 15.0. The summed E-state index contributed by atoms with van der Waals surface area (Å²) < 4.78 is 0. The van der Waals surface area contributed by atoms with E-state index < -0.39 is 8.07 Å². The van der Waals surface area contributed by atoms with E-state index in [0.717, 1.165) is 0 Å². The van der Waals surface area contributed by atoms with E-state index in [9.17, 15) is 0 Å². The van der Waals surface area contributed by atoms with Gasteiger partial charge in [-0.25, -0.2) is 0 Å². The van der Waals surface area contributed by atoms with Gasteiger partial charge in [0.2, 0.25) is 0 Å². The van der Waals surface area contributed by atoms with Crippen LogP contribution in [0.4, 0.5) is 0 Å². The first-order chi connectivity index (χ1) is 9.09. The van der Waals surface area contributed by atoms with E-state index in [-0.39, 0.29) is 0 Å². The van der Waals surface area contributed by atoms with Crippen molar-refractivity contribution >= 4 is 8.07 Å². The minimum Gasteiger partial charge on any atom is -0.0739 e. The zero-order chi connectivity index (χ0) is 14.1. The van der Waals surface area contributed by atoms with Crippen molar-refractivity contribution in [3.8, 4) is 0 Å². The topological polar surface area (TPSA) is 0 Å². The van der Waals surface area contributed by atoms with Gasteiger partial charge < -0.3 is 0 Å². The van der Waals surface area contributed by atoms with Gasteiger partial charge in [0.1, 0.15) is 0 Å². The van der Waals surface area contributed by atoms with Gasteiger partial charge in [-0.2, -0.15) is 0 Å².